The molecule has 1 N–H and O–H groups in total. The molecule has 1 aromatic carbocycles. The molecular weight excluding hydrogens is 254 g/mol. The lowest BCUT2D eigenvalue weighted by Gasteiger charge is -2.22. The van der Waals surface area contributed by atoms with E-state index in [0.717, 1.165) is 12.0 Å². The highest BCUT2D eigenvalue weighted by Crippen LogP contribution is 2.15. The number of hydrogen-bond donors (Lipinski definition) is 1. The van der Waals surface area contributed by atoms with Crippen LogP contribution in [0.4, 0.5) is 0 Å². The number of methoxy groups -OCH3 is 1. The van der Waals surface area contributed by atoms with Gasteiger partial charge in [-0.05, 0) is 12.0 Å². The molecule has 0 heterocycles. The second kappa shape index (κ2) is 8.15. The summed E-state index contributed by atoms with van der Waals surface area (Å²) in [6.07, 6.45) is 4.61. The van der Waals surface area contributed by atoms with Crippen molar-refractivity contribution in [3.8, 4) is 0 Å². The average molecular weight is 275 g/mol. The summed E-state index contributed by atoms with van der Waals surface area (Å²) in [5, 5.41) is 2.65. The lowest BCUT2D eigenvalue weighted by Crippen LogP contribution is -2.45. The van der Waals surface area contributed by atoms with Gasteiger partial charge in [-0.3, -0.25) is 4.79 Å². The molecule has 1 rings (SSSR count). The summed E-state index contributed by atoms with van der Waals surface area (Å²) in [6, 6.07) is 9.16. The molecule has 0 aliphatic rings. The number of carbonyl (C=O) groups is 2. The molecule has 0 saturated carbocycles. The molecule has 0 bridgehead atoms. The maximum Gasteiger partial charge on any atom is 0.328 e. The molecule has 4 nitrogen and oxygen atoms in total. The predicted molar refractivity (Wildman–Crippen MR) is 78.9 cm³/mol. The van der Waals surface area contributed by atoms with E-state index < -0.39 is 12.0 Å². The highest BCUT2D eigenvalue weighted by Gasteiger charge is 2.26. The van der Waals surface area contributed by atoms with E-state index >= 15 is 0 Å². The fraction of sp³-hybridized carbons (Fsp3) is 0.375. The Kier molecular flexibility index (Phi) is 6.50. The summed E-state index contributed by atoms with van der Waals surface area (Å²) in [6.45, 7) is 3.36. The second-order valence-electron chi connectivity index (χ2n) is 4.54. The first-order chi connectivity index (χ1) is 9.58. The Labute approximate surface area is 119 Å². The van der Waals surface area contributed by atoms with Crippen LogP contribution in [-0.2, 0) is 14.3 Å². The normalized spacial score (nSPS) is 13.8. The number of esters is 1. The molecule has 0 aliphatic heterocycles. The van der Waals surface area contributed by atoms with Crippen molar-refractivity contribution in [1.82, 2.24) is 5.32 Å². The van der Waals surface area contributed by atoms with Crippen molar-refractivity contribution in [3.05, 3.63) is 42.0 Å². The van der Waals surface area contributed by atoms with Crippen LogP contribution in [0.5, 0.6) is 0 Å². The van der Waals surface area contributed by atoms with Gasteiger partial charge in [0.05, 0.1) is 7.11 Å². The number of rotatable bonds is 6. The van der Waals surface area contributed by atoms with Crippen molar-refractivity contribution in [2.45, 2.75) is 26.3 Å². The van der Waals surface area contributed by atoms with Crippen LogP contribution in [0, 0.1) is 5.92 Å². The first-order valence-electron chi connectivity index (χ1n) is 6.66. The summed E-state index contributed by atoms with van der Waals surface area (Å²) >= 11 is 0. The summed E-state index contributed by atoms with van der Waals surface area (Å²) in [5.41, 5.74) is 1.05. The van der Waals surface area contributed by atoms with Crippen LogP contribution in [0.15, 0.2) is 36.4 Å². The first kappa shape index (κ1) is 16.0. The van der Waals surface area contributed by atoms with Crippen LogP contribution in [0.2, 0.25) is 0 Å². The average Bonchev–Trinajstić information content (AvgIpc) is 2.46. The topological polar surface area (TPSA) is 55.4 Å². The maximum atomic E-state index is 11.8. The van der Waals surface area contributed by atoms with E-state index in [4.69, 9.17) is 4.74 Å². The molecule has 1 aromatic rings. The molecule has 2 atom stereocenters. The molecular formula is C16H21NO3. The largest absolute Gasteiger partial charge is 0.467 e. The highest BCUT2D eigenvalue weighted by molar-refractivity contribution is 5.83. The predicted octanol–water partition coefficient (Wildman–Crippen LogP) is 2.40. The Hall–Kier alpha value is -2.10. The van der Waals surface area contributed by atoms with Gasteiger partial charge in [0, 0.05) is 12.8 Å². The van der Waals surface area contributed by atoms with Crippen molar-refractivity contribution >= 4 is 18.0 Å². The van der Waals surface area contributed by atoms with Crippen LogP contribution < -0.4 is 5.32 Å². The van der Waals surface area contributed by atoms with Crippen molar-refractivity contribution < 1.29 is 14.3 Å². The molecule has 0 radical (unpaired) electrons. The van der Waals surface area contributed by atoms with Gasteiger partial charge in [-0.15, -0.1) is 0 Å². The van der Waals surface area contributed by atoms with Crippen LogP contribution >= 0.6 is 0 Å². The van der Waals surface area contributed by atoms with Gasteiger partial charge in [0.25, 0.3) is 0 Å². The van der Waals surface area contributed by atoms with Crippen LogP contribution in [-0.4, -0.2) is 25.0 Å². The maximum absolute atomic E-state index is 11.8. The molecule has 0 aliphatic carbocycles. The van der Waals surface area contributed by atoms with E-state index in [1.165, 1.54) is 14.0 Å². The highest BCUT2D eigenvalue weighted by atomic mass is 16.5. The summed E-state index contributed by atoms with van der Waals surface area (Å²) in [5.74, 6) is -0.775. The van der Waals surface area contributed by atoms with Crippen LogP contribution in [0.25, 0.3) is 6.08 Å². The van der Waals surface area contributed by atoms with Crippen LogP contribution in [0.1, 0.15) is 25.8 Å². The third kappa shape index (κ3) is 4.88. The van der Waals surface area contributed by atoms with E-state index in [0.29, 0.717) is 0 Å². The van der Waals surface area contributed by atoms with Crippen molar-refractivity contribution in [1.29, 1.82) is 0 Å². The lowest BCUT2D eigenvalue weighted by atomic mass is 9.95. The summed E-state index contributed by atoms with van der Waals surface area (Å²) in [4.78, 5) is 23.0. The molecule has 0 aromatic heterocycles. The van der Waals surface area contributed by atoms with Crippen LogP contribution in [0.3, 0.4) is 0 Å². The minimum atomic E-state index is -0.650. The first-order valence-corrected chi connectivity index (χ1v) is 6.66. The van der Waals surface area contributed by atoms with Gasteiger partial charge in [-0.2, -0.15) is 0 Å². The van der Waals surface area contributed by atoms with Crippen molar-refractivity contribution in [2.24, 2.45) is 5.92 Å². The molecule has 1 amide bonds. The molecule has 0 saturated heterocycles. The Morgan fingerprint density at radius 3 is 2.45 bits per heavy atom. The van der Waals surface area contributed by atoms with E-state index in [2.05, 4.69) is 5.32 Å². The van der Waals surface area contributed by atoms with E-state index in [1.807, 2.05) is 49.4 Å². The number of ether oxygens (including phenoxy) is 1. The number of nitrogens with one attached hydrogen (secondary N) is 1. The Bertz CT molecular complexity index is 468. The minimum absolute atomic E-state index is 0.105. The van der Waals surface area contributed by atoms with Crippen molar-refractivity contribution in [2.75, 3.05) is 7.11 Å². The van der Waals surface area contributed by atoms with Gasteiger partial charge in [0.15, 0.2) is 0 Å². The fourth-order valence-electron chi connectivity index (χ4n) is 1.97. The van der Waals surface area contributed by atoms with E-state index in [-0.39, 0.29) is 11.8 Å². The minimum Gasteiger partial charge on any atom is -0.467 e. The zero-order chi connectivity index (χ0) is 15.0. The van der Waals surface area contributed by atoms with Gasteiger partial charge >= 0.3 is 5.97 Å². The molecule has 4 heteroatoms. The molecule has 20 heavy (non-hydrogen) atoms. The second-order valence-corrected chi connectivity index (χ2v) is 4.54. The Balaban J connectivity index is 2.87. The standard InChI is InChI=1S/C16H21NO3/c1-4-14(11-10-13-8-6-5-7-9-13)15(16(19)20-3)17-12(2)18/h5-11,14-15H,4H2,1-3H3,(H,17,18)/b11-10+/t14-,15-/m1/s1. The SMILES string of the molecule is CC[C@H](/C=C/c1ccccc1)[C@@H](NC(C)=O)C(=O)OC. The van der Waals surface area contributed by atoms with Gasteiger partial charge < -0.3 is 10.1 Å². The Morgan fingerprint density at radius 2 is 1.95 bits per heavy atom. The number of amides is 1. The van der Waals surface area contributed by atoms with Gasteiger partial charge in [-0.25, -0.2) is 4.79 Å². The smallest absolute Gasteiger partial charge is 0.328 e. The lowest BCUT2D eigenvalue weighted by molar-refractivity contribution is -0.146. The molecule has 0 unspecified atom stereocenters. The zero-order valence-corrected chi connectivity index (χ0v) is 12.1. The van der Waals surface area contributed by atoms with Gasteiger partial charge in [0.1, 0.15) is 6.04 Å². The number of hydrogen-bond acceptors (Lipinski definition) is 3. The van der Waals surface area contributed by atoms with E-state index in [1.54, 1.807) is 0 Å². The summed E-state index contributed by atoms with van der Waals surface area (Å²) in [7, 11) is 1.32. The fourth-order valence-corrected chi connectivity index (χ4v) is 1.97. The number of carbonyl (C=O) groups excluding carboxylic acids is 2. The quantitative estimate of drug-likeness (QED) is 0.811. The molecule has 108 valence electrons. The number of benzene rings is 1. The third-order valence-corrected chi connectivity index (χ3v) is 3.05. The zero-order valence-electron chi connectivity index (χ0n) is 12.1. The van der Waals surface area contributed by atoms with Gasteiger partial charge in [-0.1, -0.05) is 49.4 Å². The molecule has 0 fully saturated rings. The molecule has 0 spiro atoms. The Morgan fingerprint density at radius 1 is 1.30 bits per heavy atom. The monoisotopic (exact) mass is 275 g/mol. The summed E-state index contributed by atoms with van der Waals surface area (Å²) < 4.78 is 4.76. The van der Waals surface area contributed by atoms with Crippen molar-refractivity contribution in [3.63, 3.8) is 0 Å². The van der Waals surface area contributed by atoms with Gasteiger partial charge in [0.2, 0.25) is 5.91 Å². The third-order valence-electron chi connectivity index (χ3n) is 3.05. The van der Waals surface area contributed by atoms with E-state index in [9.17, 15) is 9.59 Å².